The van der Waals surface area contributed by atoms with Crippen molar-refractivity contribution in [1.82, 2.24) is 5.32 Å². The molecule has 0 aromatic heterocycles. The van der Waals surface area contributed by atoms with Gasteiger partial charge in [0.25, 0.3) is 0 Å². The summed E-state index contributed by atoms with van der Waals surface area (Å²) in [7, 11) is 0. The highest BCUT2D eigenvalue weighted by atomic mass is 16.5. The van der Waals surface area contributed by atoms with E-state index >= 15 is 0 Å². The van der Waals surface area contributed by atoms with Crippen LogP contribution in [-0.4, -0.2) is 32.3 Å². The fourth-order valence-electron chi connectivity index (χ4n) is 3.95. The molecule has 3 aromatic rings. The molecule has 1 aliphatic rings. The second-order valence-electron chi connectivity index (χ2n) is 7.46. The maximum Gasteiger partial charge on any atom is 0.0683 e. The van der Waals surface area contributed by atoms with Gasteiger partial charge in [-0.15, -0.1) is 0 Å². The molecule has 1 saturated heterocycles. The van der Waals surface area contributed by atoms with E-state index in [4.69, 9.17) is 4.74 Å². The largest absolute Gasteiger partial charge is 0.377 e. The molecule has 3 nitrogen and oxygen atoms in total. The normalized spacial score (nSPS) is 18.6. The molecule has 0 amide bonds. The summed E-state index contributed by atoms with van der Waals surface area (Å²) in [5.41, 5.74) is 3.94. The Morgan fingerprint density at radius 1 is 1.04 bits per heavy atom. The Hall–Kier alpha value is -2.36. The molecule has 27 heavy (non-hydrogen) atoms. The predicted octanol–water partition coefficient (Wildman–Crippen LogP) is 4.70. The first kappa shape index (κ1) is 18.0. The van der Waals surface area contributed by atoms with Crippen molar-refractivity contribution < 1.29 is 4.74 Å². The van der Waals surface area contributed by atoms with Gasteiger partial charge in [0.1, 0.15) is 0 Å². The highest BCUT2D eigenvalue weighted by molar-refractivity contribution is 5.86. The average molecular weight is 361 g/mol. The van der Waals surface area contributed by atoms with Gasteiger partial charge in [0.2, 0.25) is 0 Å². The molecule has 0 spiro atoms. The lowest BCUT2D eigenvalue weighted by molar-refractivity contribution is 0.0930. The quantitative estimate of drug-likeness (QED) is 0.713. The molecule has 0 aliphatic carbocycles. The van der Waals surface area contributed by atoms with Crippen LogP contribution < -0.4 is 10.2 Å². The highest BCUT2D eigenvalue weighted by Gasteiger charge is 2.24. The van der Waals surface area contributed by atoms with Gasteiger partial charge in [-0.25, -0.2) is 0 Å². The zero-order chi connectivity index (χ0) is 18.6. The third-order valence-electron chi connectivity index (χ3n) is 5.54. The fraction of sp³-hybridized carbons (Fsp3) is 0.333. The van der Waals surface area contributed by atoms with Crippen molar-refractivity contribution in [1.29, 1.82) is 0 Å². The van der Waals surface area contributed by atoms with Crippen LogP contribution in [0.2, 0.25) is 0 Å². The van der Waals surface area contributed by atoms with Crippen molar-refractivity contribution in [2.75, 3.05) is 31.2 Å². The van der Waals surface area contributed by atoms with E-state index in [2.05, 4.69) is 90.8 Å². The van der Waals surface area contributed by atoms with E-state index in [0.29, 0.717) is 6.04 Å². The van der Waals surface area contributed by atoms with Crippen molar-refractivity contribution in [2.24, 2.45) is 0 Å². The van der Waals surface area contributed by atoms with Gasteiger partial charge in [-0.05, 0) is 42.3 Å². The minimum Gasteiger partial charge on any atom is -0.377 e. The van der Waals surface area contributed by atoms with Crippen LogP contribution in [0, 0.1) is 6.92 Å². The number of morpholine rings is 1. The number of ether oxygens (including phenoxy) is 1. The van der Waals surface area contributed by atoms with E-state index < -0.39 is 0 Å². The van der Waals surface area contributed by atoms with Crippen LogP contribution in [0.4, 0.5) is 5.69 Å². The minimum absolute atomic E-state index is 0.290. The number of nitrogens with zero attached hydrogens (tertiary/aromatic N) is 1. The number of benzene rings is 3. The fourth-order valence-corrected chi connectivity index (χ4v) is 3.95. The number of aryl methyl sites for hydroxylation is 1. The van der Waals surface area contributed by atoms with Crippen LogP contribution in [0.3, 0.4) is 0 Å². The molecule has 140 valence electrons. The second kappa shape index (κ2) is 8.12. The van der Waals surface area contributed by atoms with Gasteiger partial charge in [0, 0.05) is 24.8 Å². The molecular weight excluding hydrogens is 332 g/mol. The van der Waals surface area contributed by atoms with E-state index in [9.17, 15) is 0 Å². The number of rotatable bonds is 5. The lowest BCUT2D eigenvalue weighted by Crippen LogP contribution is -2.50. The molecule has 1 N–H and O–H groups in total. The first-order chi connectivity index (χ1) is 13.2. The lowest BCUT2D eigenvalue weighted by atomic mass is 9.99. The molecule has 0 saturated carbocycles. The molecule has 2 atom stereocenters. The Balaban J connectivity index is 1.48. The van der Waals surface area contributed by atoms with Crippen LogP contribution >= 0.6 is 0 Å². The summed E-state index contributed by atoms with van der Waals surface area (Å²) in [5.74, 6) is 0. The zero-order valence-corrected chi connectivity index (χ0v) is 16.2. The molecule has 3 aromatic carbocycles. The molecule has 1 heterocycles. The van der Waals surface area contributed by atoms with Gasteiger partial charge in [-0.3, -0.25) is 0 Å². The SMILES string of the molecule is Cc1ccc(N2CCOCC2CNC(C)c2cccc3ccccc23)cc1. The van der Waals surface area contributed by atoms with E-state index in [1.54, 1.807) is 0 Å². The molecular formula is C24H28N2O. The van der Waals surface area contributed by atoms with Gasteiger partial charge in [-0.1, -0.05) is 60.2 Å². The topological polar surface area (TPSA) is 24.5 Å². The molecule has 3 heteroatoms. The summed E-state index contributed by atoms with van der Waals surface area (Å²) in [6, 6.07) is 24.6. The molecule has 1 aliphatic heterocycles. The summed E-state index contributed by atoms with van der Waals surface area (Å²) in [5, 5.41) is 6.38. The standard InChI is InChI=1S/C24H28N2O/c1-18-10-12-21(13-11-18)26-14-15-27-17-22(26)16-25-19(2)23-9-5-7-20-6-3-4-8-24(20)23/h3-13,19,22,25H,14-17H2,1-2H3. The Kier molecular flexibility index (Phi) is 5.42. The maximum absolute atomic E-state index is 5.78. The third kappa shape index (κ3) is 4.00. The van der Waals surface area contributed by atoms with E-state index in [0.717, 1.165) is 26.3 Å². The van der Waals surface area contributed by atoms with Gasteiger partial charge < -0.3 is 15.0 Å². The van der Waals surface area contributed by atoms with Crippen molar-refractivity contribution in [3.8, 4) is 0 Å². The maximum atomic E-state index is 5.78. The molecule has 2 unspecified atom stereocenters. The first-order valence-electron chi connectivity index (χ1n) is 9.84. The summed E-state index contributed by atoms with van der Waals surface area (Å²) in [6.07, 6.45) is 0. The van der Waals surface area contributed by atoms with Crippen molar-refractivity contribution in [3.63, 3.8) is 0 Å². The summed E-state index contributed by atoms with van der Waals surface area (Å²) >= 11 is 0. The van der Waals surface area contributed by atoms with Crippen LogP contribution in [0.25, 0.3) is 10.8 Å². The zero-order valence-electron chi connectivity index (χ0n) is 16.2. The number of fused-ring (bicyclic) bond motifs is 1. The summed E-state index contributed by atoms with van der Waals surface area (Å²) in [6.45, 7) is 7.79. The van der Waals surface area contributed by atoms with Crippen molar-refractivity contribution >= 4 is 16.5 Å². The number of hydrogen-bond donors (Lipinski definition) is 1. The molecule has 1 fully saturated rings. The molecule has 4 rings (SSSR count). The number of hydrogen-bond acceptors (Lipinski definition) is 3. The minimum atomic E-state index is 0.290. The monoisotopic (exact) mass is 360 g/mol. The Morgan fingerprint density at radius 2 is 1.81 bits per heavy atom. The second-order valence-corrected chi connectivity index (χ2v) is 7.46. The van der Waals surface area contributed by atoms with Crippen molar-refractivity contribution in [3.05, 3.63) is 77.9 Å². The van der Waals surface area contributed by atoms with Crippen LogP contribution in [0.5, 0.6) is 0 Å². The first-order valence-corrected chi connectivity index (χ1v) is 9.84. The van der Waals surface area contributed by atoms with Crippen LogP contribution in [-0.2, 0) is 4.74 Å². The number of anilines is 1. The Morgan fingerprint density at radius 3 is 2.67 bits per heavy atom. The summed E-state index contributed by atoms with van der Waals surface area (Å²) in [4.78, 5) is 2.48. The molecule has 0 bridgehead atoms. The smallest absolute Gasteiger partial charge is 0.0683 e. The van der Waals surface area contributed by atoms with Gasteiger partial charge in [-0.2, -0.15) is 0 Å². The van der Waals surface area contributed by atoms with Gasteiger partial charge >= 0.3 is 0 Å². The van der Waals surface area contributed by atoms with Crippen molar-refractivity contribution in [2.45, 2.75) is 25.9 Å². The van der Waals surface area contributed by atoms with E-state index in [-0.39, 0.29) is 6.04 Å². The third-order valence-corrected chi connectivity index (χ3v) is 5.54. The molecule has 0 radical (unpaired) electrons. The Bertz CT molecular complexity index is 885. The van der Waals surface area contributed by atoms with Gasteiger partial charge in [0.15, 0.2) is 0 Å². The van der Waals surface area contributed by atoms with Crippen LogP contribution in [0.1, 0.15) is 24.1 Å². The number of nitrogens with one attached hydrogen (secondary N) is 1. The average Bonchev–Trinajstić information content (AvgIpc) is 2.72. The highest BCUT2D eigenvalue weighted by Crippen LogP contribution is 2.25. The predicted molar refractivity (Wildman–Crippen MR) is 113 cm³/mol. The lowest BCUT2D eigenvalue weighted by Gasteiger charge is -2.38. The Labute approximate surface area is 162 Å². The van der Waals surface area contributed by atoms with Crippen LogP contribution in [0.15, 0.2) is 66.7 Å². The summed E-state index contributed by atoms with van der Waals surface area (Å²) < 4.78 is 5.78. The van der Waals surface area contributed by atoms with E-state index in [1.165, 1.54) is 27.6 Å². The van der Waals surface area contributed by atoms with E-state index in [1.807, 2.05) is 0 Å². The van der Waals surface area contributed by atoms with Gasteiger partial charge in [0.05, 0.1) is 19.3 Å².